The molecule has 0 spiro atoms. The summed E-state index contributed by atoms with van der Waals surface area (Å²) in [4.78, 5) is 19.7. The highest BCUT2D eigenvalue weighted by molar-refractivity contribution is 6.31. The maximum Gasteiger partial charge on any atom is 0.240 e. The molecule has 0 aliphatic heterocycles. The van der Waals surface area contributed by atoms with Gasteiger partial charge in [0, 0.05) is 12.7 Å². The van der Waals surface area contributed by atoms with E-state index in [0.717, 1.165) is 0 Å². The lowest BCUT2D eigenvalue weighted by atomic mass is 10.4. The van der Waals surface area contributed by atoms with Crippen molar-refractivity contribution in [3.8, 4) is 0 Å². The number of likely N-dealkylation sites (N-methyl/N-ethyl adjacent to an activating group) is 1. The zero-order chi connectivity index (χ0) is 12.4. The van der Waals surface area contributed by atoms with Gasteiger partial charge in [-0.15, -0.1) is 0 Å². The topological polar surface area (TPSA) is 85.8 Å². The van der Waals surface area contributed by atoms with Gasteiger partial charge in [-0.3, -0.25) is 9.36 Å². The number of aromatic nitrogens is 3. The normalized spacial score (nSPS) is 10.7. The Morgan fingerprint density at radius 3 is 3.12 bits per heavy atom. The molecular formula is C10H12ClN5O. The molecule has 0 aliphatic rings. The van der Waals surface area contributed by atoms with Gasteiger partial charge >= 0.3 is 0 Å². The number of nitrogen functional groups attached to an aromatic ring is 1. The maximum absolute atomic E-state index is 11.5. The van der Waals surface area contributed by atoms with Gasteiger partial charge in [0.25, 0.3) is 0 Å². The maximum atomic E-state index is 11.5. The third-order valence-electron chi connectivity index (χ3n) is 2.26. The van der Waals surface area contributed by atoms with Crippen molar-refractivity contribution in [3.05, 3.63) is 17.3 Å². The van der Waals surface area contributed by atoms with Crippen molar-refractivity contribution < 1.29 is 4.79 Å². The number of nitrogens with zero attached hydrogens (tertiary/aromatic N) is 3. The lowest BCUT2D eigenvalue weighted by Crippen LogP contribution is -2.27. The summed E-state index contributed by atoms with van der Waals surface area (Å²) in [6.07, 6.45) is 1.50. The summed E-state index contributed by atoms with van der Waals surface area (Å²) in [5, 5.41) is 3.18. The molecule has 6 nitrogen and oxygen atoms in total. The van der Waals surface area contributed by atoms with Crippen molar-refractivity contribution in [2.75, 3.05) is 12.3 Å². The van der Waals surface area contributed by atoms with Gasteiger partial charge in [-0.05, 0) is 13.0 Å². The Balaban J connectivity index is 2.39. The Morgan fingerprint density at radius 1 is 1.65 bits per heavy atom. The Bertz CT molecular complexity index is 565. The zero-order valence-electron chi connectivity index (χ0n) is 9.27. The Hall–Kier alpha value is -1.82. The van der Waals surface area contributed by atoms with E-state index in [-0.39, 0.29) is 18.4 Å². The number of nitrogens with one attached hydrogen (secondary N) is 1. The highest BCUT2D eigenvalue weighted by Gasteiger charge is 2.12. The van der Waals surface area contributed by atoms with Crippen LogP contribution in [-0.2, 0) is 11.3 Å². The molecular weight excluding hydrogens is 242 g/mol. The molecule has 17 heavy (non-hydrogen) atoms. The SMILES string of the molecule is CCNC(=O)Cn1c(N)nc2cc(Cl)cnc21. The summed E-state index contributed by atoms with van der Waals surface area (Å²) in [6, 6.07) is 1.66. The van der Waals surface area contributed by atoms with Crippen LogP contribution in [0.2, 0.25) is 5.02 Å². The van der Waals surface area contributed by atoms with Crippen LogP contribution >= 0.6 is 11.6 Å². The molecule has 0 unspecified atom stereocenters. The number of anilines is 1. The number of imidazole rings is 1. The average molecular weight is 254 g/mol. The molecule has 0 aromatic carbocycles. The first-order valence-corrected chi connectivity index (χ1v) is 5.53. The van der Waals surface area contributed by atoms with Crippen LogP contribution in [0.15, 0.2) is 12.3 Å². The third kappa shape index (κ3) is 2.31. The molecule has 7 heteroatoms. The molecule has 90 valence electrons. The smallest absolute Gasteiger partial charge is 0.240 e. The van der Waals surface area contributed by atoms with Crippen molar-refractivity contribution in [3.63, 3.8) is 0 Å². The second kappa shape index (κ2) is 4.58. The predicted octanol–water partition coefficient (Wildman–Crippen LogP) is 0.803. The van der Waals surface area contributed by atoms with Gasteiger partial charge < -0.3 is 11.1 Å². The number of hydrogen-bond acceptors (Lipinski definition) is 4. The standard InChI is InChI=1S/C10H12ClN5O/c1-2-13-8(17)5-16-9-7(15-10(16)12)3-6(11)4-14-9/h3-4H,2,5H2,1H3,(H2,12,15)(H,13,17). The molecule has 0 aliphatic carbocycles. The fourth-order valence-corrected chi connectivity index (χ4v) is 1.71. The van der Waals surface area contributed by atoms with Crippen molar-refractivity contribution in [1.29, 1.82) is 0 Å². The molecule has 2 aromatic rings. The Kier molecular flexibility index (Phi) is 3.14. The second-order valence-electron chi connectivity index (χ2n) is 3.51. The second-order valence-corrected chi connectivity index (χ2v) is 3.94. The molecule has 2 heterocycles. The van der Waals surface area contributed by atoms with E-state index < -0.39 is 0 Å². The number of nitrogens with two attached hydrogens (primary N) is 1. The first-order chi connectivity index (χ1) is 8.11. The molecule has 1 amide bonds. The van der Waals surface area contributed by atoms with Crippen LogP contribution < -0.4 is 11.1 Å². The minimum Gasteiger partial charge on any atom is -0.369 e. The monoisotopic (exact) mass is 253 g/mol. The number of carbonyl (C=O) groups excluding carboxylic acids is 1. The van der Waals surface area contributed by atoms with Gasteiger partial charge in [-0.2, -0.15) is 0 Å². The summed E-state index contributed by atoms with van der Waals surface area (Å²) in [7, 11) is 0. The molecule has 0 saturated carbocycles. The predicted molar refractivity (Wildman–Crippen MR) is 65.6 cm³/mol. The lowest BCUT2D eigenvalue weighted by molar-refractivity contribution is -0.121. The fourth-order valence-electron chi connectivity index (χ4n) is 1.56. The molecule has 0 fully saturated rings. The largest absolute Gasteiger partial charge is 0.369 e. The van der Waals surface area contributed by atoms with E-state index in [1.807, 2.05) is 6.92 Å². The van der Waals surface area contributed by atoms with Crippen molar-refractivity contribution >= 4 is 34.6 Å². The first kappa shape index (κ1) is 11.7. The number of rotatable bonds is 3. The molecule has 0 bridgehead atoms. The van der Waals surface area contributed by atoms with E-state index >= 15 is 0 Å². The summed E-state index contributed by atoms with van der Waals surface area (Å²) >= 11 is 5.80. The molecule has 0 atom stereocenters. The van der Waals surface area contributed by atoms with Crippen molar-refractivity contribution in [2.45, 2.75) is 13.5 Å². The van der Waals surface area contributed by atoms with Crippen LogP contribution in [0.4, 0.5) is 5.95 Å². The van der Waals surface area contributed by atoms with E-state index in [4.69, 9.17) is 17.3 Å². The number of carbonyl (C=O) groups is 1. The van der Waals surface area contributed by atoms with E-state index in [9.17, 15) is 4.79 Å². The van der Waals surface area contributed by atoms with Crippen LogP contribution in [-0.4, -0.2) is 27.0 Å². The van der Waals surface area contributed by atoms with Gasteiger partial charge in [-0.25, -0.2) is 9.97 Å². The summed E-state index contributed by atoms with van der Waals surface area (Å²) in [5.41, 5.74) is 6.87. The summed E-state index contributed by atoms with van der Waals surface area (Å²) in [5.74, 6) is 0.122. The number of hydrogen-bond donors (Lipinski definition) is 2. The van der Waals surface area contributed by atoms with Crippen molar-refractivity contribution in [2.24, 2.45) is 0 Å². The molecule has 3 N–H and O–H groups in total. The van der Waals surface area contributed by atoms with E-state index in [1.165, 1.54) is 6.20 Å². The molecule has 2 rings (SSSR count). The lowest BCUT2D eigenvalue weighted by Gasteiger charge is -2.05. The summed E-state index contributed by atoms with van der Waals surface area (Å²) < 4.78 is 1.55. The minimum atomic E-state index is -0.129. The summed E-state index contributed by atoms with van der Waals surface area (Å²) in [6.45, 7) is 2.53. The molecule has 0 radical (unpaired) electrons. The molecule has 2 aromatic heterocycles. The van der Waals surface area contributed by atoms with Crippen LogP contribution in [0, 0.1) is 0 Å². The molecule has 0 saturated heterocycles. The fraction of sp³-hybridized carbons (Fsp3) is 0.300. The van der Waals surface area contributed by atoms with Gasteiger partial charge in [0.2, 0.25) is 11.9 Å². The van der Waals surface area contributed by atoms with E-state index in [1.54, 1.807) is 10.6 Å². The highest BCUT2D eigenvalue weighted by atomic mass is 35.5. The first-order valence-electron chi connectivity index (χ1n) is 5.15. The van der Waals surface area contributed by atoms with Gasteiger partial charge in [0.15, 0.2) is 5.65 Å². The minimum absolute atomic E-state index is 0.102. The van der Waals surface area contributed by atoms with Crippen LogP contribution in [0.5, 0.6) is 0 Å². The highest BCUT2D eigenvalue weighted by Crippen LogP contribution is 2.18. The van der Waals surface area contributed by atoms with Gasteiger partial charge in [0.05, 0.1) is 5.02 Å². The Morgan fingerprint density at radius 2 is 2.41 bits per heavy atom. The average Bonchev–Trinajstić information content (AvgIpc) is 2.55. The number of halogens is 1. The van der Waals surface area contributed by atoms with Crippen LogP contribution in [0.25, 0.3) is 11.2 Å². The Labute approximate surface area is 103 Å². The van der Waals surface area contributed by atoms with Crippen LogP contribution in [0.1, 0.15) is 6.92 Å². The number of amides is 1. The van der Waals surface area contributed by atoms with E-state index in [0.29, 0.717) is 22.7 Å². The quantitative estimate of drug-likeness (QED) is 0.847. The zero-order valence-corrected chi connectivity index (χ0v) is 10.0. The van der Waals surface area contributed by atoms with Crippen LogP contribution in [0.3, 0.4) is 0 Å². The van der Waals surface area contributed by atoms with Gasteiger partial charge in [0.1, 0.15) is 12.1 Å². The number of pyridine rings is 1. The number of fused-ring (bicyclic) bond motifs is 1. The van der Waals surface area contributed by atoms with Gasteiger partial charge in [-0.1, -0.05) is 11.6 Å². The third-order valence-corrected chi connectivity index (χ3v) is 2.46. The van der Waals surface area contributed by atoms with Crippen molar-refractivity contribution in [1.82, 2.24) is 19.9 Å². The van der Waals surface area contributed by atoms with E-state index in [2.05, 4.69) is 15.3 Å².